The van der Waals surface area contributed by atoms with Gasteiger partial charge in [0.1, 0.15) is 0 Å². The normalized spacial score (nSPS) is 44.0. The molecule has 2 rings (SSSR count). The highest BCUT2D eigenvalue weighted by Crippen LogP contribution is 2.47. The van der Waals surface area contributed by atoms with E-state index in [4.69, 9.17) is 4.99 Å². The molecular weight excluding hydrogens is 158 g/mol. The molecule has 1 heterocycles. The van der Waals surface area contributed by atoms with Crippen LogP contribution in [0.2, 0.25) is 0 Å². The fraction of sp³-hybridized carbons (Fsp3) is 0.750. The zero-order valence-corrected chi connectivity index (χ0v) is 9.09. The van der Waals surface area contributed by atoms with Gasteiger partial charge in [0.25, 0.3) is 0 Å². The van der Waals surface area contributed by atoms with E-state index < -0.39 is 0 Å². The maximum absolute atomic E-state index is 4.83. The summed E-state index contributed by atoms with van der Waals surface area (Å²) in [4.78, 5) is 4.83. The fourth-order valence-electron chi connectivity index (χ4n) is 2.63. The highest BCUT2D eigenvalue weighted by atomic mass is 14.9. The van der Waals surface area contributed by atoms with E-state index in [1.807, 2.05) is 0 Å². The molecule has 3 unspecified atom stereocenters. The molecule has 0 saturated carbocycles. The largest absolute Gasteiger partial charge is 0.286 e. The first-order chi connectivity index (χ1) is 6.03. The van der Waals surface area contributed by atoms with Gasteiger partial charge < -0.3 is 0 Å². The Bertz CT molecular complexity index is 287. The Morgan fingerprint density at radius 1 is 1.46 bits per heavy atom. The van der Waals surface area contributed by atoms with Crippen molar-refractivity contribution in [3.05, 3.63) is 11.6 Å². The number of hydrogen-bond donors (Lipinski definition) is 0. The summed E-state index contributed by atoms with van der Waals surface area (Å²) in [5, 5.41) is 0. The van der Waals surface area contributed by atoms with E-state index in [1.54, 1.807) is 0 Å². The van der Waals surface area contributed by atoms with Gasteiger partial charge in [0.2, 0.25) is 0 Å². The molecule has 0 saturated heterocycles. The summed E-state index contributed by atoms with van der Waals surface area (Å²) >= 11 is 0. The van der Waals surface area contributed by atoms with Crippen molar-refractivity contribution in [2.24, 2.45) is 16.3 Å². The van der Waals surface area contributed by atoms with Crippen molar-refractivity contribution in [3.8, 4) is 0 Å². The lowest BCUT2D eigenvalue weighted by molar-refractivity contribution is 0.291. The molecule has 0 amide bonds. The van der Waals surface area contributed by atoms with Gasteiger partial charge in [0.05, 0.1) is 6.04 Å². The molecule has 72 valence electrons. The highest BCUT2D eigenvalue weighted by molar-refractivity contribution is 5.85. The monoisotopic (exact) mass is 177 g/mol. The molecule has 1 aliphatic heterocycles. The van der Waals surface area contributed by atoms with Gasteiger partial charge in [-0.25, -0.2) is 0 Å². The minimum Gasteiger partial charge on any atom is -0.286 e. The van der Waals surface area contributed by atoms with Crippen molar-refractivity contribution in [2.45, 2.75) is 46.6 Å². The molecule has 13 heavy (non-hydrogen) atoms. The van der Waals surface area contributed by atoms with Crippen LogP contribution in [0.3, 0.4) is 0 Å². The molecule has 3 atom stereocenters. The first kappa shape index (κ1) is 8.98. The summed E-state index contributed by atoms with van der Waals surface area (Å²) in [5.41, 5.74) is 3.20. The van der Waals surface area contributed by atoms with E-state index in [1.165, 1.54) is 24.1 Å². The third-order valence-corrected chi connectivity index (χ3v) is 3.78. The van der Waals surface area contributed by atoms with Crippen molar-refractivity contribution in [1.82, 2.24) is 0 Å². The van der Waals surface area contributed by atoms with Crippen molar-refractivity contribution in [1.29, 1.82) is 0 Å². The Kier molecular flexibility index (Phi) is 1.86. The van der Waals surface area contributed by atoms with Crippen molar-refractivity contribution in [2.75, 3.05) is 0 Å². The number of fused-ring (bicyclic) bond motifs is 1. The van der Waals surface area contributed by atoms with Crippen LogP contribution in [0.25, 0.3) is 0 Å². The zero-order valence-electron chi connectivity index (χ0n) is 9.09. The van der Waals surface area contributed by atoms with E-state index in [0.29, 0.717) is 17.4 Å². The summed E-state index contributed by atoms with van der Waals surface area (Å²) in [6.07, 6.45) is 5.01. The minimum absolute atomic E-state index is 0.385. The molecule has 0 aromatic heterocycles. The van der Waals surface area contributed by atoms with Crippen LogP contribution in [0.5, 0.6) is 0 Å². The van der Waals surface area contributed by atoms with Crippen molar-refractivity contribution < 1.29 is 0 Å². The summed E-state index contributed by atoms with van der Waals surface area (Å²) in [6.45, 7) is 9.03. The minimum atomic E-state index is 0.385. The maximum atomic E-state index is 4.83. The van der Waals surface area contributed by atoms with Crippen LogP contribution in [0.15, 0.2) is 16.6 Å². The van der Waals surface area contributed by atoms with E-state index >= 15 is 0 Å². The Balaban J connectivity index is 2.31. The Labute approximate surface area is 80.9 Å². The standard InChI is InChI=1S/C12H19N/c1-8-5-6-12(4)7-9(2)11(12)13-10(8)3/h7-8,11H,5-6H2,1-4H3. The van der Waals surface area contributed by atoms with Crippen molar-refractivity contribution >= 4 is 5.71 Å². The lowest BCUT2D eigenvalue weighted by Gasteiger charge is -2.41. The van der Waals surface area contributed by atoms with Gasteiger partial charge in [-0.1, -0.05) is 25.5 Å². The molecule has 0 N–H and O–H groups in total. The predicted octanol–water partition coefficient (Wildman–Crippen LogP) is 3.21. The molecule has 0 fully saturated rings. The smallest absolute Gasteiger partial charge is 0.0794 e. The second kappa shape index (κ2) is 2.70. The van der Waals surface area contributed by atoms with E-state index in [2.05, 4.69) is 33.8 Å². The quantitative estimate of drug-likeness (QED) is 0.504. The average molecular weight is 177 g/mol. The van der Waals surface area contributed by atoms with Gasteiger partial charge in [-0.15, -0.1) is 0 Å². The predicted molar refractivity (Wildman–Crippen MR) is 57.2 cm³/mol. The first-order valence-corrected chi connectivity index (χ1v) is 5.26. The molecule has 0 aromatic carbocycles. The summed E-state index contributed by atoms with van der Waals surface area (Å²) in [6, 6.07) is 0.498. The van der Waals surface area contributed by atoms with E-state index in [0.717, 1.165) is 0 Å². The lowest BCUT2D eigenvalue weighted by Crippen LogP contribution is -2.38. The molecule has 1 nitrogen and oxygen atoms in total. The van der Waals surface area contributed by atoms with Gasteiger partial charge in [-0.3, -0.25) is 4.99 Å². The lowest BCUT2D eigenvalue weighted by atomic mass is 9.66. The molecule has 0 radical (unpaired) electrons. The van der Waals surface area contributed by atoms with E-state index in [-0.39, 0.29) is 0 Å². The zero-order chi connectivity index (χ0) is 9.64. The Morgan fingerprint density at radius 2 is 2.15 bits per heavy atom. The molecule has 1 heteroatoms. The van der Waals surface area contributed by atoms with Gasteiger partial charge in [-0.2, -0.15) is 0 Å². The molecule has 0 bridgehead atoms. The third kappa shape index (κ3) is 1.25. The first-order valence-electron chi connectivity index (χ1n) is 5.26. The molecule has 2 aliphatic rings. The highest BCUT2D eigenvalue weighted by Gasteiger charge is 2.42. The van der Waals surface area contributed by atoms with Crippen LogP contribution in [-0.4, -0.2) is 11.8 Å². The summed E-state index contributed by atoms with van der Waals surface area (Å²) in [5.74, 6) is 0.684. The van der Waals surface area contributed by atoms with Gasteiger partial charge in [-0.05, 0) is 32.6 Å². The topological polar surface area (TPSA) is 12.4 Å². The van der Waals surface area contributed by atoms with Crippen LogP contribution in [0, 0.1) is 11.3 Å². The van der Waals surface area contributed by atoms with Gasteiger partial charge >= 0.3 is 0 Å². The number of rotatable bonds is 0. The number of hydrogen-bond acceptors (Lipinski definition) is 1. The molecular formula is C12H19N. The summed E-state index contributed by atoms with van der Waals surface area (Å²) in [7, 11) is 0. The second-order valence-corrected chi connectivity index (χ2v) is 5.01. The summed E-state index contributed by atoms with van der Waals surface area (Å²) < 4.78 is 0. The van der Waals surface area contributed by atoms with E-state index in [9.17, 15) is 0 Å². The van der Waals surface area contributed by atoms with Gasteiger partial charge in [0, 0.05) is 11.1 Å². The van der Waals surface area contributed by atoms with Crippen LogP contribution in [-0.2, 0) is 0 Å². The molecule has 0 spiro atoms. The van der Waals surface area contributed by atoms with Crippen LogP contribution in [0.1, 0.15) is 40.5 Å². The number of aliphatic imine (C=N–C) groups is 1. The SMILES string of the molecule is CC1=CC2(C)CCC(C)C(C)=NC12. The van der Waals surface area contributed by atoms with Crippen LogP contribution >= 0.6 is 0 Å². The van der Waals surface area contributed by atoms with Gasteiger partial charge in [0.15, 0.2) is 0 Å². The average Bonchev–Trinajstić information content (AvgIpc) is 2.16. The Hall–Kier alpha value is -0.590. The third-order valence-electron chi connectivity index (χ3n) is 3.78. The number of nitrogens with zero attached hydrogens (tertiary/aromatic N) is 1. The van der Waals surface area contributed by atoms with Crippen molar-refractivity contribution in [3.63, 3.8) is 0 Å². The van der Waals surface area contributed by atoms with Crippen LogP contribution in [0.4, 0.5) is 0 Å². The Morgan fingerprint density at radius 3 is 2.77 bits per heavy atom. The molecule has 0 aromatic rings. The second-order valence-electron chi connectivity index (χ2n) is 5.01. The molecule has 1 aliphatic carbocycles. The fourth-order valence-corrected chi connectivity index (χ4v) is 2.63. The van der Waals surface area contributed by atoms with Crippen LogP contribution < -0.4 is 0 Å². The maximum Gasteiger partial charge on any atom is 0.0794 e.